The molecule has 15 rings (SSSR count). The lowest BCUT2D eigenvalue weighted by Gasteiger charge is -2.21. The summed E-state index contributed by atoms with van der Waals surface area (Å²) < 4.78 is 2.51. The first-order chi connectivity index (χ1) is 42.1. The minimum absolute atomic E-state index is 0.567. The summed E-state index contributed by atoms with van der Waals surface area (Å²) in [6.45, 7) is 0. The van der Waals surface area contributed by atoms with Crippen molar-refractivity contribution >= 4 is 21.8 Å². The summed E-state index contributed by atoms with van der Waals surface area (Å²) in [5.74, 6) is 1.74. The number of rotatable bonds is 12. The molecule has 15 aromatic rings. The molecule has 13 aromatic carbocycles. The zero-order valence-corrected chi connectivity index (χ0v) is 46.5. The molecule has 0 aliphatic carbocycles. The van der Waals surface area contributed by atoms with E-state index < -0.39 is 0 Å². The molecule has 2 heterocycles. The van der Waals surface area contributed by atoms with Gasteiger partial charge in [0, 0.05) is 38.6 Å². The molecule has 0 radical (unpaired) electrons. The number of hydrogen-bond donors (Lipinski definition) is 0. The van der Waals surface area contributed by atoms with E-state index in [1.807, 2.05) is 12.1 Å². The van der Waals surface area contributed by atoms with Crippen molar-refractivity contribution < 1.29 is 0 Å². The fraction of sp³-hybridized carbons (Fsp3) is 0. The predicted octanol–water partition coefficient (Wildman–Crippen LogP) is 21.3. The van der Waals surface area contributed by atoms with Gasteiger partial charge in [0.25, 0.3) is 0 Å². The van der Waals surface area contributed by atoms with Gasteiger partial charge in [0.2, 0.25) is 0 Å². The number of fused-ring (bicyclic) bond motifs is 3. The molecule has 0 saturated heterocycles. The Balaban J connectivity index is 1.01. The Morgan fingerprint density at radius 3 is 0.694 bits per heavy atom. The molecule has 2 aromatic heterocycles. The summed E-state index contributed by atoms with van der Waals surface area (Å²) in [4.78, 5) is 16.3. The molecule has 0 amide bonds. The molecule has 85 heavy (non-hydrogen) atoms. The summed E-state index contributed by atoms with van der Waals surface area (Å²) in [5, 5.41) is 2.33. The minimum atomic E-state index is 0.567. The number of nitrogens with zero attached hydrogens (tertiary/aromatic N) is 4. The van der Waals surface area contributed by atoms with Crippen LogP contribution < -0.4 is 0 Å². The summed E-state index contributed by atoms with van der Waals surface area (Å²) >= 11 is 0. The Kier molecular flexibility index (Phi) is 13.2. The first-order valence-electron chi connectivity index (χ1n) is 28.9. The van der Waals surface area contributed by atoms with Crippen LogP contribution in [-0.2, 0) is 0 Å². The molecule has 0 aliphatic rings. The van der Waals surface area contributed by atoms with Crippen molar-refractivity contribution in [3.63, 3.8) is 0 Å². The molecular weight excluding hydrogens is 1030 g/mol. The van der Waals surface area contributed by atoms with Gasteiger partial charge in [-0.15, -0.1) is 0 Å². The quantitative estimate of drug-likeness (QED) is 0.122. The lowest BCUT2D eigenvalue weighted by atomic mass is 9.91. The van der Waals surface area contributed by atoms with Crippen LogP contribution in [0.15, 0.2) is 328 Å². The van der Waals surface area contributed by atoms with Gasteiger partial charge < -0.3 is 4.57 Å². The summed E-state index contributed by atoms with van der Waals surface area (Å²) in [7, 11) is 0. The van der Waals surface area contributed by atoms with Crippen molar-refractivity contribution in [2.45, 2.75) is 0 Å². The van der Waals surface area contributed by atoms with Gasteiger partial charge in [0.05, 0.1) is 16.7 Å². The molecule has 0 spiro atoms. The van der Waals surface area contributed by atoms with Crippen LogP contribution in [0, 0.1) is 0 Å². The monoisotopic (exact) mass is 1080 g/mol. The molecule has 0 fully saturated rings. The van der Waals surface area contributed by atoms with E-state index in [0.29, 0.717) is 17.5 Å². The van der Waals surface area contributed by atoms with Crippen LogP contribution in [0.1, 0.15) is 0 Å². The standard InChI is InChI=1S/C81H54N4/c1-7-19-55(20-8-1)61-31-39-65(40-32-61)72-53-71(81-83-79(67-43-35-63(36-44-67)57-23-11-3-12-24-57)82-80(84-81)68-45-37-64(38-46-68)58-25-13-4-14-26-58)54-73(66-41-33-62(34-42-66)56-21-9-2-10-22-56)78(72)85-76-49-47-69(59-27-15-5-16-28-59)51-74(76)75-52-70(48-50-77(75)85)60-29-17-6-18-30-60/h1-54H. The largest absolute Gasteiger partial charge is 0.308 e. The highest BCUT2D eigenvalue weighted by atomic mass is 15.0. The fourth-order valence-electron chi connectivity index (χ4n) is 11.9. The molecule has 4 nitrogen and oxygen atoms in total. The maximum absolute atomic E-state index is 5.48. The van der Waals surface area contributed by atoms with Gasteiger partial charge in [0.1, 0.15) is 0 Å². The van der Waals surface area contributed by atoms with Crippen LogP contribution >= 0.6 is 0 Å². The third-order valence-electron chi connectivity index (χ3n) is 16.3. The van der Waals surface area contributed by atoms with Crippen LogP contribution in [-0.4, -0.2) is 19.5 Å². The fourth-order valence-corrected chi connectivity index (χ4v) is 11.9. The highest BCUT2D eigenvalue weighted by Gasteiger charge is 2.25. The smallest absolute Gasteiger partial charge is 0.164 e. The van der Waals surface area contributed by atoms with Gasteiger partial charge >= 0.3 is 0 Å². The Morgan fingerprint density at radius 1 is 0.176 bits per heavy atom. The first kappa shape index (κ1) is 50.6. The van der Waals surface area contributed by atoms with E-state index in [-0.39, 0.29) is 0 Å². The molecule has 398 valence electrons. The van der Waals surface area contributed by atoms with E-state index in [0.717, 1.165) is 122 Å². The van der Waals surface area contributed by atoms with Gasteiger partial charge in [-0.25, -0.2) is 15.0 Å². The van der Waals surface area contributed by atoms with Gasteiger partial charge in [-0.2, -0.15) is 0 Å². The summed E-state index contributed by atoms with van der Waals surface area (Å²) in [6.07, 6.45) is 0. The normalized spacial score (nSPS) is 11.3. The Labute approximate surface area is 495 Å². The van der Waals surface area contributed by atoms with E-state index in [9.17, 15) is 0 Å². The lowest BCUT2D eigenvalue weighted by Crippen LogP contribution is -2.04. The topological polar surface area (TPSA) is 43.6 Å². The predicted molar refractivity (Wildman–Crippen MR) is 354 cm³/mol. The van der Waals surface area contributed by atoms with Crippen LogP contribution in [0.3, 0.4) is 0 Å². The van der Waals surface area contributed by atoms with Crippen molar-refractivity contribution in [1.82, 2.24) is 19.5 Å². The third-order valence-corrected chi connectivity index (χ3v) is 16.3. The van der Waals surface area contributed by atoms with Crippen LogP contribution in [0.5, 0.6) is 0 Å². The molecular formula is C81H54N4. The van der Waals surface area contributed by atoms with Gasteiger partial charge in [-0.1, -0.05) is 291 Å². The van der Waals surface area contributed by atoms with E-state index in [1.54, 1.807) is 0 Å². The van der Waals surface area contributed by atoms with Crippen molar-refractivity contribution in [3.05, 3.63) is 328 Å². The summed E-state index contributed by atoms with van der Waals surface area (Å²) in [5.41, 5.74) is 23.8. The molecule has 0 atom stereocenters. The number of aromatic nitrogens is 4. The second-order valence-electron chi connectivity index (χ2n) is 21.5. The second kappa shape index (κ2) is 22.2. The molecule has 0 aliphatic heterocycles. The SMILES string of the molecule is c1ccc(-c2ccc(-c3nc(-c4ccc(-c5ccccc5)cc4)nc(-c4cc(-c5ccc(-c6ccccc6)cc5)c(-n5c6ccc(-c7ccccc7)cc6c6cc(-c7ccccc7)ccc65)c(-c5ccc(-c6ccccc6)cc5)c4)n3)cc2)cc1. The van der Waals surface area contributed by atoms with Crippen LogP contribution in [0.4, 0.5) is 0 Å². The second-order valence-corrected chi connectivity index (χ2v) is 21.5. The average molecular weight is 1080 g/mol. The Hall–Kier alpha value is -11.3. The number of hydrogen-bond acceptors (Lipinski definition) is 3. The molecule has 0 saturated carbocycles. The van der Waals surface area contributed by atoms with Crippen LogP contribution in [0.25, 0.3) is 151 Å². The average Bonchev–Trinajstić information content (AvgIpc) is 1.99. The highest BCUT2D eigenvalue weighted by Crippen LogP contribution is 2.46. The molecule has 0 N–H and O–H groups in total. The first-order valence-corrected chi connectivity index (χ1v) is 28.9. The van der Waals surface area contributed by atoms with E-state index in [2.05, 4.69) is 320 Å². The zero-order chi connectivity index (χ0) is 56.5. The Morgan fingerprint density at radius 2 is 0.400 bits per heavy atom. The third kappa shape index (κ3) is 9.98. The van der Waals surface area contributed by atoms with Crippen molar-refractivity contribution in [1.29, 1.82) is 0 Å². The molecule has 0 bridgehead atoms. The molecule has 4 heteroatoms. The maximum Gasteiger partial charge on any atom is 0.164 e. The van der Waals surface area contributed by atoms with Crippen molar-refractivity contribution in [3.8, 4) is 129 Å². The molecule has 0 unspecified atom stereocenters. The lowest BCUT2D eigenvalue weighted by molar-refractivity contribution is 1.07. The van der Waals surface area contributed by atoms with Gasteiger partial charge in [-0.3, -0.25) is 0 Å². The number of benzene rings is 13. The Bertz CT molecular complexity index is 4530. The van der Waals surface area contributed by atoms with Crippen molar-refractivity contribution in [2.24, 2.45) is 0 Å². The maximum atomic E-state index is 5.48. The van der Waals surface area contributed by atoms with Crippen LogP contribution in [0.2, 0.25) is 0 Å². The van der Waals surface area contributed by atoms with Crippen molar-refractivity contribution in [2.75, 3.05) is 0 Å². The highest BCUT2D eigenvalue weighted by molar-refractivity contribution is 6.13. The van der Waals surface area contributed by atoms with E-state index in [1.165, 1.54) is 11.1 Å². The van der Waals surface area contributed by atoms with E-state index in [4.69, 9.17) is 15.0 Å². The minimum Gasteiger partial charge on any atom is -0.308 e. The van der Waals surface area contributed by atoms with Gasteiger partial charge in [-0.05, 0) is 114 Å². The van der Waals surface area contributed by atoms with Gasteiger partial charge in [0.15, 0.2) is 17.5 Å². The zero-order valence-electron chi connectivity index (χ0n) is 46.5. The summed E-state index contributed by atoms with van der Waals surface area (Å²) in [6, 6.07) is 117. The van der Waals surface area contributed by atoms with E-state index >= 15 is 0 Å².